The van der Waals surface area contributed by atoms with Gasteiger partial charge in [0, 0.05) is 5.69 Å². The Morgan fingerprint density at radius 3 is 2.48 bits per heavy atom. The lowest BCUT2D eigenvalue weighted by atomic mass is 10.2. The minimum Gasteiger partial charge on any atom is -0.544 e. The topological polar surface area (TPSA) is 95.1 Å². The number of hydrogen-bond donors (Lipinski definition) is 2. The number of amides is 1. The monoisotopic (exact) mass is 330 g/mol. The zero-order valence-corrected chi connectivity index (χ0v) is 12.8. The Morgan fingerprint density at radius 2 is 1.96 bits per heavy atom. The van der Waals surface area contributed by atoms with Crippen molar-refractivity contribution in [2.45, 2.75) is 38.8 Å². The first-order valence-corrected chi connectivity index (χ1v) is 7.31. The number of benzene rings is 1. The van der Waals surface area contributed by atoms with Gasteiger partial charge in [-0.15, -0.1) is 0 Å². The number of rotatable bonds is 10. The van der Waals surface area contributed by atoms with E-state index in [4.69, 9.17) is 0 Å². The number of nitrogens with two attached hydrogens (primary N) is 1. The molecule has 8 heteroatoms. The fraction of sp³-hybridized carbons (Fsp3) is 0.467. The average Bonchev–Trinajstić information content (AvgIpc) is 2.47. The van der Waals surface area contributed by atoms with Gasteiger partial charge in [0.15, 0.2) is 0 Å². The molecular weight excluding hydrogens is 310 g/mol. The second-order valence-electron chi connectivity index (χ2n) is 4.96. The van der Waals surface area contributed by atoms with Crippen molar-refractivity contribution in [1.29, 1.82) is 0 Å². The number of carboxylic acids is 1. The van der Waals surface area contributed by atoms with Crippen molar-refractivity contribution in [2.24, 2.45) is 0 Å². The third-order valence-corrected chi connectivity index (χ3v) is 3.08. The number of alkyl halides is 2. The van der Waals surface area contributed by atoms with Crippen LogP contribution in [0.25, 0.3) is 0 Å². The quantitative estimate of drug-likeness (QED) is 0.595. The molecule has 0 aliphatic carbocycles. The summed E-state index contributed by atoms with van der Waals surface area (Å²) in [5.74, 6) is -1.81. The molecule has 0 bridgehead atoms. The minimum atomic E-state index is -2.92. The minimum absolute atomic E-state index is 0.0292. The number of anilines is 1. The van der Waals surface area contributed by atoms with Crippen LogP contribution in [0, 0.1) is 0 Å². The number of halogens is 2. The number of aliphatic carboxylic acids is 1. The zero-order chi connectivity index (χ0) is 17.2. The van der Waals surface area contributed by atoms with Crippen LogP contribution in [0.5, 0.6) is 5.75 Å². The van der Waals surface area contributed by atoms with Crippen LogP contribution in [-0.4, -0.2) is 31.1 Å². The third kappa shape index (κ3) is 7.55. The SMILES string of the molecule is CCCC[NH2+][C@H](CC(=O)Nc1ccc(OC(F)F)cc1)C(=O)[O-]. The highest BCUT2D eigenvalue weighted by atomic mass is 19.3. The van der Waals surface area contributed by atoms with E-state index in [0.717, 1.165) is 12.8 Å². The van der Waals surface area contributed by atoms with Gasteiger partial charge in [-0.05, 0) is 30.7 Å². The average molecular weight is 330 g/mol. The molecule has 0 aromatic heterocycles. The summed E-state index contributed by atoms with van der Waals surface area (Å²) in [7, 11) is 0. The Kier molecular flexibility index (Phi) is 7.96. The highest BCUT2D eigenvalue weighted by molar-refractivity contribution is 5.93. The summed E-state index contributed by atoms with van der Waals surface area (Å²) in [6, 6.07) is 4.40. The second-order valence-corrected chi connectivity index (χ2v) is 4.96. The van der Waals surface area contributed by atoms with Gasteiger partial charge in [0.1, 0.15) is 11.8 Å². The summed E-state index contributed by atoms with van der Waals surface area (Å²) in [4.78, 5) is 22.9. The van der Waals surface area contributed by atoms with Gasteiger partial charge >= 0.3 is 6.61 Å². The van der Waals surface area contributed by atoms with Gasteiger partial charge in [-0.3, -0.25) is 4.79 Å². The van der Waals surface area contributed by atoms with E-state index in [9.17, 15) is 23.5 Å². The molecule has 0 radical (unpaired) electrons. The summed E-state index contributed by atoms with van der Waals surface area (Å²) >= 11 is 0. The summed E-state index contributed by atoms with van der Waals surface area (Å²) in [5, 5.41) is 15.1. The van der Waals surface area contributed by atoms with E-state index in [2.05, 4.69) is 10.1 Å². The van der Waals surface area contributed by atoms with Gasteiger partial charge in [-0.1, -0.05) is 13.3 Å². The molecule has 0 fully saturated rings. The van der Waals surface area contributed by atoms with Crippen LogP contribution in [0.3, 0.4) is 0 Å². The molecule has 23 heavy (non-hydrogen) atoms. The van der Waals surface area contributed by atoms with E-state index in [0.29, 0.717) is 12.2 Å². The van der Waals surface area contributed by atoms with E-state index in [1.807, 2.05) is 6.92 Å². The number of unbranched alkanes of at least 4 members (excludes halogenated alkanes) is 1. The maximum absolute atomic E-state index is 12.0. The van der Waals surface area contributed by atoms with Crippen molar-refractivity contribution in [2.75, 3.05) is 11.9 Å². The molecule has 0 saturated heterocycles. The lowest BCUT2D eigenvalue weighted by Crippen LogP contribution is -2.93. The molecule has 0 saturated carbocycles. The lowest BCUT2D eigenvalue weighted by Gasteiger charge is -2.16. The first-order chi connectivity index (χ1) is 10.9. The molecule has 1 rings (SSSR count). The Labute approximate surface area is 132 Å². The fourth-order valence-electron chi connectivity index (χ4n) is 1.92. The van der Waals surface area contributed by atoms with Crippen LogP contribution in [0.4, 0.5) is 14.5 Å². The molecule has 0 spiro atoms. The first-order valence-electron chi connectivity index (χ1n) is 7.31. The summed E-state index contributed by atoms with van der Waals surface area (Å²) in [6.07, 6.45) is 1.54. The molecule has 0 heterocycles. The molecule has 0 unspecified atom stereocenters. The lowest BCUT2D eigenvalue weighted by molar-refractivity contribution is -0.682. The van der Waals surface area contributed by atoms with Crippen LogP contribution < -0.4 is 20.5 Å². The molecule has 3 N–H and O–H groups in total. The molecular formula is C15H20F2N2O4. The predicted molar refractivity (Wildman–Crippen MR) is 76.8 cm³/mol. The smallest absolute Gasteiger partial charge is 0.387 e. The van der Waals surface area contributed by atoms with Gasteiger partial charge in [-0.25, -0.2) is 0 Å². The summed E-state index contributed by atoms with van der Waals surface area (Å²) in [5.41, 5.74) is 0.363. The summed E-state index contributed by atoms with van der Waals surface area (Å²) < 4.78 is 28.2. The van der Waals surface area contributed by atoms with E-state index in [1.165, 1.54) is 24.3 Å². The van der Waals surface area contributed by atoms with Crippen LogP contribution >= 0.6 is 0 Å². The van der Waals surface area contributed by atoms with Gasteiger partial charge in [0.2, 0.25) is 5.91 Å². The highest BCUT2D eigenvalue weighted by Gasteiger charge is 2.18. The van der Waals surface area contributed by atoms with Crippen LogP contribution in [0.15, 0.2) is 24.3 Å². The second kappa shape index (κ2) is 9.73. The van der Waals surface area contributed by atoms with E-state index >= 15 is 0 Å². The predicted octanol–water partition coefficient (Wildman–Crippen LogP) is 0.0986. The maximum atomic E-state index is 12.0. The fourth-order valence-corrected chi connectivity index (χ4v) is 1.92. The molecule has 1 aromatic carbocycles. The largest absolute Gasteiger partial charge is 0.544 e. The molecule has 0 aliphatic heterocycles. The number of carbonyl (C=O) groups excluding carboxylic acids is 2. The van der Waals surface area contributed by atoms with Gasteiger partial charge < -0.3 is 25.3 Å². The van der Waals surface area contributed by atoms with Gasteiger partial charge in [-0.2, -0.15) is 8.78 Å². The molecule has 1 amide bonds. The molecule has 6 nitrogen and oxygen atoms in total. The highest BCUT2D eigenvalue weighted by Crippen LogP contribution is 2.17. The summed E-state index contributed by atoms with van der Waals surface area (Å²) in [6.45, 7) is -0.337. The Balaban J connectivity index is 2.51. The van der Waals surface area contributed by atoms with Crippen LogP contribution in [-0.2, 0) is 9.59 Å². The third-order valence-electron chi connectivity index (χ3n) is 3.08. The van der Waals surface area contributed by atoms with Crippen molar-refractivity contribution < 1.29 is 33.5 Å². The Morgan fingerprint density at radius 1 is 1.30 bits per heavy atom. The molecule has 128 valence electrons. The normalized spacial score (nSPS) is 12.0. The zero-order valence-electron chi connectivity index (χ0n) is 12.8. The number of quaternary nitrogens is 1. The van der Waals surface area contributed by atoms with Crippen molar-refractivity contribution in [3.05, 3.63) is 24.3 Å². The van der Waals surface area contributed by atoms with Crippen LogP contribution in [0.2, 0.25) is 0 Å². The van der Waals surface area contributed by atoms with Crippen molar-refractivity contribution in [3.8, 4) is 5.75 Å². The van der Waals surface area contributed by atoms with Gasteiger partial charge in [0.25, 0.3) is 0 Å². The van der Waals surface area contributed by atoms with E-state index in [-0.39, 0.29) is 12.2 Å². The standard InChI is InChI=1S/C15H20F2N2O4/c1-2-3-8-18-12(14(21)22)9-13(20)19-10-4-6-11(7-5-10)23-15(16)17/h4-7,12,15,18H,2-3,8-9H2,1H3,(H,19,20)(H,21,22)/t12-/m1/s1. The van der Waals surface area contributed by atoms with Crippen LogP contribution in [0.1, 0.15) is 26.2 Å². The maximum Gasteiger partial charge on any atom is 0.387 e. The number of ether oxygens (including phenoxy) is 1. The Bertz CT molecular complexity index is 509. The van der Waals surface area contributed by atoms with E-state index < -0.39 is 24.5 Å². The Hall–Kier alpha value is -2.22. The molecule has 1 aromatic rings. The number of nitrogens with one attached hydrogen (secondary N) is 1. The van der Waals surface area contributed by atoms with Crippen molar-refractivity contribution >= 4 is 17.6 Å². The van der Waals surface area contributed by atoms with Crippen molar-refractivity contribution in [3.63, 3.8) is 0 Å². The number of carboxylic acid groups (broad SMARTS) is 1. The number of carbonyl (C=O) groups is 2. The molecule has 0 aliphatic rings. The first kappa shape index (κ1) is 18.8. The van der Waals surface area contributed by atoms with E-state index in [1.54, 1.807) is 5.32 Å². The van der Waals surface area contributed by atoms with Gasteiger partial charge in [0.05, 0.1) is 18.9 Å². The number of hydrogen-bond acceptors (Lipinski definition) is 4. The molecule has 1 atom stereocenters. The van der Waals surface area contributed by atoms with Crippen molar-refractivity contribution in [1.82, 2.24) is 0 Å².